The van der Waals surface area contributed by atoms with Crippen LogP contribution < -0.4 is 0 Å². The molecule has 3 nitrogen and oxygen atoms in total. The van der Waals surface area contributed by atoms with Crippen molar-refractivity contribution in [1.29, 1.82) is 0 Å². The van der Waals surface area contributed by atoms with Gasteiger partial charge in [-0.3, -0.25) is 0 Å². The van der Waals surface area contributed by atoms with E-state index < -0.39 is 20.4 Å². The van der Waals surface area contributed by atoms with E-state index in [1.165, 1.54) is 0 Å². The highest BCUT2D eigenvalue weighted by Gasteiger charge is 2.35. The van der Waals surface area contributed by atoms with Crippen LogP contribution in [0, 0.1) is 6.92 Å². The third-order valence-corrected chi connectivity index (χ3v) is 10.4. The van der Waals surface area contributed by atoms with Gasteiger partial charge in [0.2, 0.25) is 0 Å². The van der Waals surface area contributed by atoms with Crippen LogP contribution in [0.3, 0.4) is 0 Å². The molecule has 0 aliphatic carbocycles. The van der Waals surface area contributed by atoms with Gasteiger partial charge in [0.1, 0.15) is 0 Å². The Morgan fingerprint density at radius 2 is 1.22 bits per heavy atom. The van der Waals surface area contributed by atoms with Crippen LogP contribution in [0.5, 0.6) is 0 Å². The summed E-state index contributed by atoms with van der Waals surface area (Å²) >= 11 is 3.50. The van der Waals surface area contributed by atoms with Gasteiger partial charge in [0.15, 0.2) is 0 Å². The van der Waals surface area contributed by atoms with E-state index in [9.17, 15) is 8.42 Å². The number of halogens is 1. The highest BCUT2D eigenvalue weighted by molar-refractivity contribution is 9.09. The van der Waals surface area contributed by atoms with Gasteiger partial charge in [0.05, 0.1) is 4.90 Å². The molecular weight excluding hydrogens is 444 g/mol. The van der Waals surface area contributed by atoms with Gasteiger partial charge in [-0.1, -0.05) is 80.3 Å². The molecule has 3 rings (SSSR count). The van der Waals surface area contributed by atoms with Gasteiger partial charge in [-0.15, -0.1) is 0 Å². The van der Waals surface area contributed by atoms with Crippen molar-refractivity contribution in [2.45, 2.75) is 21.6 Å². The summed E-state index contributed by atoms with van der Waals surface area (Å²) in [6, 6.07) is 26.0. The van der Waals surface area contributed by atoms with Crippen LogP contribution in [0.2, 0.25) is 0 Å². The molecule has 6 heteroatoms. The lowest BCUT2D eigenvalue weighted by atomic mass is 10.2. The van der Waals surface area contributed by atoms with Crippen LogP contribution in [-0.2, 0) is 13.7 Å². The van der Waals surface area contributed by atoms with Crippen molar-refractivity contribution in [3.05, 3.63) is 90.5 Å². The topological polar surface area (TPSA) is 43.4 Å². The van der Waals surface area contributed by atoms with Gasteiger partial charge < -0.3 is 0 Å². The highest BCUT2D eigenvalue weighted by Crippen LogP contribution is 2.64. The summed E-state index contributed by atoms with van der Waals surface area (Å²) < 4.78 is 32.4. The molecule has 0 aliphatic heterocycles. The first-order valence-corrected chi connectivity index (χ1v) is 12.7. The first kappa shape index (κ1) is 20.1. The van der Waals surface area contributed by atoms with Crippen LogP contribution in [0.25, 0.3) is 0 Å². The van der Waals surface area contributed by atoms with Crippen molar-refractivity contribution < 1.29 is 12.0 Å². The maximum absolute atomic E-state index is 13.2. The molecule has 0 unspecified atom stereocenters. The molecule has 0 radical (unpaired) electrons. The second-order valence-electron chi connectivity index (χ2n) is 6.03. The minimum absolute atomic E-state index is 0.173. The molecule has 0 N–H and O–H groups in total. The molecule has 0 bridgehead atoms. The van der Waals surface area contributed by atoms with Gasteiger partial charge >= 0.3 is 10.1 Å². The van der Waals surface area contributed by atoms with Crippen molar-refractivity contribution in [1.82, 2.24) is 0 Å². The van der Waals surface area contributed by atoms with E-state index in [-0.39, 0.29) is 4.90 Å². The van der Waals surface area contributed by atoms with Crippen molar-refractivity contribution in [3.63, 3.8) is 0 Å². The zero-order valence-electron chi connectivity index (χ0n) is 14.9. The summed E-state index contributed by atoms with van der Waals surface area (Å²) in [6.45, 7) is 1.92. The van der Waals surface area contributed by atoms with Crippen LogP contribution in [0.15, 0.2) is 99.6 Å². The molecule has 0 aromatic heterocycles. The summed E-state index contributed by atoms with van der Waals surface area (Å²) in [5.74, 6) is 0.548. The minimum atomic E-state index is -3.94. The molecule has 0 heterocycles. The monoisotopic (exact) mass is 464 g/mol. The van der Waals surface area contributed by atoms with Gasteiger partial charge in [0, 0.05) is 20.9 Å². The van der Waals surface area contributed by atoms with E-state index in [1.807, 2.05) is 67.6 Å². The van der Waals surface area contributed by atoms with Gasteiger partial charge in [-0.2, -0.15) is 8.42 Å². The quantitative estimate of drug-likeness (QED) is 0.406. The maximum atomic E-state index is 13.2. The fourth-order valence-electron chi connectivity index (χ4n) is 2.77. The Hall–Kier alpha value is -1.60. The Bertz CT molecular complexity index is 933. The van der Waals surface area contributed by atoms with Crippen molar-refractivity contribution in [2.75, 3.05) is 11.1 Å². The summed E-state index contributed by atoms with van der Waals surface area (Å²) in [5.41, 5.74) is 0.999. The van der Waals surface area contributed by atoms with Gasteiger partial charge in [0.25, 0.3) is 0 Å². The largest absolute Gasteiger partial charge is 0.306 e. The predicted octanol–water partition coefficient (Wildman–Crippen LogP) is 5.93. The number of rotatable bonds is 7. The maximum Gasteiger partial charge on any atom is 0.306 e. The second kappa shape index (κ2) is 8.61. The van der Waals surface area contributed by atoms with E-state index in [4.69, 9.17) is 3.63 Å². The standard InChI is InChI=1S/C21H21BrO3S2/c1-18-12-14-21(15-13-18)27(23,24)25-26(17-16-22,19-8-4-2-5-9-19)20-10-6-3-7-11-20/h2-15H,16-17H2,1H3. The lowest BCUT2D eigenvalue weighted by Gasteiger charge is -2.38. The Morgan fingerprint density at radius 3 is 1.67 bits per heavy atom. The van der Waals surface area contributed by atoms with Crippen LogP contribution in [-0.4, -0.2) is 19.5 Å². The Balaban J connectivity index is 2.16. The summed E-state index contributed by atoms with van der Waals surface area (Å²) in [5, 5.41) is 0.621. The Morgan fingerprint density at radius 1 is 0.741 bits per heavy atom. The molecule has 0 fully saturated rings. The number of aryl methyl sites for hydroxylation is 1. The SMILES string of the molecule is Cc1ccc(S(=O)(=O)OS(CCBr)(c2ccccc2)c2ccccc2)cc1. The van der Waals surface area contributed by atoms with Crippen LogP contribution >= 0.6 is 26.2 Å². The molecule has 0 saturated carbocycles. The van der Waals surface area contributed by atoms with Crippen molar-refractivity contribution in [3.8, 4) is 0 Å². The van der Waals surface area contributed by atoms with E-state index in [0.717, 1.165) is 15.4 Å². The van der Waals surface area contributed by atoms with Crippen molar-refractivity contribution in [2.24, 2.45) is 0 Å². The molecule has 3 aromatic carbocycles. The van der Waals surface area contributed by atoms with Crippen molar-refractivity contribution >= 4 is 36.4 Å². The summed E-state index contributed by atoms with van der Waals surface area (Å²) in [6.07, 6.45) is 0. The van der Waals surface area contributed by atoms with Gasteiger partial charge in [-0.25, -0.2) is 3.63 Å². The number of benzene rings is 3. The fraction of sp³-hybridized carbons (Fsp3) is 0.143. The average molecular weight is 465 g/mol. The lowest BCUT2D eigenvalue weighted by molar-refractivity contribution is 0.508. The molecule has 0 saturated heterocycles. The highest BCUT2D eigenvalue weighted by atomic mass is 79.9. The van der Waals surface area contributed by atoms with Crippen LogP contribution in [0.4, 0.5) is 0 Å². The summed E-state index contributed by atoms with van der Waals surface area (Å²) in [7, 11) is -6.19. The van der Waals surface area contributed by atoms with E-state index in [0.29, 0.717) is 11.1 Å². The van der Waals surface area contributed by atoms with E-state index in [2.05, 4.69) is 15.9 Å². The number of hydrogen-bond donors (Lipinski definition) is 0. The Labute approximate surface area is 171 Å². The molecule has 0 amide bonds. The minimum Gasteiger partial charge on any atom is -0.207 e. The fourth-order valence-corrected chi connectivity index (χ4v) is 9.20. The molecule has 0 aliphatic rings. The average Bonchev–Trinajstić information content (AvgIpc) is 2.69. The Kier molecular flexibility index (Phi) is 6.42. The zero-order valence-corrected chi connectivity index (χ0v) is 18.1. The smallest absolute Gasteiger partial charge is 0.207 e. The number of alkyl halides is 1. The predicted molar refractivity (Wildman–Crippen MR) is 115 cm³/mol. The molecule has 142 valence electrons. The molecular formula is C21H21BrO3S2. The molecule has 27 heavy (non-hydrogen) atoms. The second-order valence-corrected chi connectivity index (χ2v) is 11.4. The van der Waals surface area contributed by atoms with E-state index >= 15 is 0 Å². The zero-order chi connectivity index (χ0) is 19.3. The third kappa shape index (κ3) is 4.46. The summed E-state index contributed by atoms with van der Waals surface area (Å²) in [4.78, 5) is 1.93. The molecule has 3 aromatic rings. The lowest BCUT2D eigenvalue weighted by Crippen LogP contribution is -2.17. The van der Waals surface area contributed by atoms with E-state index in [1.54, 1.807) is 24.3 Å². The molecule has 0 spiro atoms. The molecule has 0 atom stereocenters. The first-order valence-electron chi connectivity index (χ1n) is 8.48. The number of hydrogen-bond acceptors (Lipinski definition) is 3. The van der Waals surface area contributed by atoms with Gasteiger partial charge in [-0.05, 0) is 43.3 Å². The normalized spacial score (nSPS) is 12.7. The third-order valence-electron chi connectivity index (χ3n) is 4.13. The van der Waals surface area contributed by atoms with Crippen LogP contribution in [0.1, 0.15) is 5.56 Å². The first-order chi connectivity index (χ1) is 13.0.